The average Bonchev–Trinajstić information content (AvgIpc) is 2.27. The first-order valence-corrected chi connectivity index (χ1v) is 6.17. The van der Waals surface area contributed by atoms with Crippen molar-refractivity contribution in [3.05, 3.63) is 45.5 Å². The summed E-state index contributed by atoms with van der Waals surface area (Å²) in [5.41, 5.74) is 8.22. The van der Waals surface area contributed by atoms with Crippen LogP contribution < -0.4 is 11.1 Å². The minimum absolute atomic E-state index is 0.502. The predicted molar refractivity (Wildman–Crippen MR) is 75.8 cm³/mol. The van der Waals surface area contributed by atoms with Gasteiger partial charge in [-0.05, 0) is 30.7 Å². The molecule has 0 radical (unpaired) electrons. The molecule has 2 aromatic rings. The molecule has 88 valence electrons. The third-order valence-corrected chi connectivity index (χ3v) is 3.44. The van der Waals surface area contributed by atoms with Gasteiger partial charge in [-0.25, -0.2) is 4.98 Å². The molecule has 2 rings (SSSR count). The minimum Gasteiger partial charge on any atom is -0.397 e. The average molecular weight is 313 g/mol. The smallest absolute Gasteiger partial charge is 0.149 e. The van der Waals surface area contributed by atoms with Crippen molar-refractivity contribution in [1.29, 1.82) is 0 Å². The number of aryl methyl sites for hydroxylation is 1. The fourth-order valence-corrected chi connectivity index (χ4v) is 1.95. The van der Waals surface area contributed by atoms with Gasteiger partial charge in [0.15, 0.2) is 0 Å². The van der Waals surface area contributed by atoms with Gasteiger partial charge in [0, 0.05) is 10.2 Å². The van der Waals surface area contributed by atoms with Gasteiger partial charge < -0.3 is 11.1 Å². The molecule has 0 bridgehead atoms. The normalized spacial score (nSPS) is 10.3. The number of hydrogen-bond donors (Lipinski definition) is 2. The molecule has 0 fully saturated rings. The molecule has 0 saturated heterocycles. The molecule has 3 nitrogen and oxygen atoms in total. The second-order valence-corrected chi connectivity index (χ2v) is 4.95. The highest BCUT2D eigenvalue weighted by Gasteiger charge is 2.04. The summed E-state index contributed by atoms with van der Waals surface area (Å²) in [6.07, 6.45) is 1.57. The van der Waals surface area contributed by atoms with Crippen molar-refractivity contribution in [2.24, 2.45) is 0 Å². The van der Waals surface area contributed by atoms with Crippen LogP contribution in [0.1, 0.15) is 5.56 Å². The van der Waals surface area contributed by atoms with Gasteiger partial charge in [0.2, 0.25) is 0 Å². The third kappa shape index (κ3) is 2.90. The Morgan fingerprint density at radius 2 is 2.12 bits per heavy atom. The summed E-state index contributed by atoms with van der Waals surface area (Å²) in [6.45, 7) is 2.03. The van der Waals surface area contributed by atoms with Crippen molar-refractivity contribution in [2.45, 2.75) is 6.92 Å². The van der Waals surface area contributed by atoms with E-state index < -0.39 is 0 Å². The highest BCUT2D eigenvalue weighted by Crippen LogP contribution is 2.27. The second kappa shape index (κ2) is 4.94. The number of rotatable bonds is 2. The molecule has 1 aromatic carbocycles. The van der Waals surface area contributed by atoms with E-state index in [2.05, 4.69) is 26.2 Å². The molecular weight excluding hydrogens is 302 g/mol. The van der Waals surface area contributed by atoms with Crippen molar-refractivity contribution in [3.8, 4) is 0 Å². The van der Waals surface area contributed by atoms with Gasteiger partial charge >= 0.3 is 0 Å². The van der Waals surface area contributed by atoms with Gasteiger partial charge in [0.25, 0.3) is 0 Å². The minimum atomic E-state index is 0.502. The van der Waals surface area contributed by atoms with Crippen LogP contribution in [0.5, 0.6) is 0 Å². The Morgan fingerprint density at radius 1 is 1.35 bits per heavy atom. The lowest BCUT2D eigenvalue weighted by Gasteiger charge is -2.09. The molecule has 0 spiro atoms. The Morgan fingerprint density at radius 3 is 2.76 bits per heavy atom. The van der Waals surface area contributed by atoms with E-state index in [0.29, 0.717) is 16.5 Å². The monoisotopic (exact) mass is 311 g/mol. The maximum Gasteiger partial charge on any atom is 0.149 e. The maximum atomic E-state index is 6.03. The van der Waals surface area contributed by atoms with E-state index in [0.717, 1.165) is 10.2 Å². The molecule has 0 amide bonds. The van der Waals surface area contributed by atoms with E-state index >= 15 is 0 Å². The van der Waals surface area contributed by atoms with E-state index in [-0.39, 0.29) is 0 Å². The number of benzene rings is 1. The summed E-state index contributed by atoms with van der Waals surface area (Å²) in [5, 5.41) is 3.64. The van der Waals surface area contributed by atoms with Gasteiger partial charge in [0.05, 0.1) is 16.9 Å². The first-order chi connectivity index (χ1) is 8.06. The molecule has 0 aliphatic rings. The van der Waals surface area contributed by atoms with Crippen LogP contribution in [0.4, 0.5) is 17.2 Å². The first kappa shape index (κ1) is 12.2. The Labute approximate surface area is 113 Å². The number of hydrogen-bond acceptors (Lipinski definition) is 3. The zero-order chi connectivity index (χ0) is 12.4. The molecule has 0 aliphatic carbocycles. The zero-order valence-corrected chi connectivity index (χ0v) is 11.5. The van der Waals surface area contributed by atoms with Crippen LogP contribution in [-0.4, -0.2) is 4.98 Å². The van der Waals surface area contributed by atoms with Crippen LogP contribution in [0.2, 0.25) is 5.02 Å². The third-order valence-electron chi connectivity index (χ3n) is 2.30. The first-order valence-electron chi connectivity index (χ1n) is 5.00. The van der Waals surface area contributed by atoms with Crippen LogP contribution in [0.15, 0.2) is 34.9 Å². The predicted octanol–water partition coefficient (Wildman–Crippen LogP) is 4.13. The molecule has 5 heteroatoms. The van der Waals surface area contributed by atoms with Crippen molar-refractivity contribution in [2.75, 3.05) is 11.1 Å². The van der Waals surface area contributed by atoms with E-state index in [9.17, 15) is 0 Å². The number of nitrogens with one attached hydrogen (secondary N) is 1. The number of anilines is 3. The highest BCUT2D eigenvalue weighted by atomic mass is 79.9. The highest BCUT2D eigenvalue weighted by molar-refractivity contribution is 9.10. The van der Waals surface area contributed by atoms with E-state index in [1.807, 2.05) is 25.1 Å². The topological polar surface area (TPSA) is 50.9 Å². The molecule has 1 heterocycles. The molecule has 0 unspecified atom stereocenters. The van der Waals surface area contributed by atoms with Gasteiger partial charge in [-0.2, -0.15) is 0 Å². The summed E-state index contributed by atoms with van der Waals surface area (Å²) in [5.74, 6) is 0.594. The van der Waals surface area contributed by atoms with Crippen molar-refractivity contribution < 1.29 is 0 Å². The number of nitrogens with two attached hydrogens (primary N) is 1. The Kier molecular flexibility index (Phi) is 3.54. The van der Waals surface area contributed by atoms with Crippen LogP contribution in [0, 0.1) is 6.92 Å². The van der Waals surface area contributed by atoms with Crippen LogP contribution in [0.3, 0.4) is 0 Å². The fourth-order valence-electron chi connectivity index (χ4n) is 1.35. The number of nitrogens with zero attached hydrogens (tertiary/aromatic N) is 1. The van der Waals surface area contributed by atoms with Crippen LogP contribution in [-0.2, 0) is 0 Å². The molecular formula is C12H11BrClN3. The summed E-state index contributed by atoms with van der Waals surface area (Å²) < 4.78 is 1.04. The van der Waals surface area contributed by atoms with Crippen LogP contribution >= 0.6 is 27.5 Å². The summed E-state index contributed by atoms with van der Waals surface area (Å²) in [4.78, 5) is 4.14. The number of nitrogen functional groups attached to an aromatic ring is 1. The molecule has 0 atom stereocenters. The molecule has 3 N–H and O–H groups in total. The van der Waals surface area contributed by atoms with E-state index in [1.54, 1.807) is 12.3 Å². The Balaban J connectivity index is 2.28. The van der Waals surface area contributed by atoms with Gasteiger partial charge in [-0.15, -0.1) is 0 Å². The van der Waals surface area contributed by atoms with E-state index in [4.69, 9.17) is 17.3 Å². The van der Waals surface area contributed by atoms with Crippen LogP contribution in [0.25, 0.3) is 0 Å². The number of pyridine rings is 1. The molecule has 0 aliphatic heterocycles. The summed E-state index contributed by atoms with van der Waals surface area (Å²) >= 11 is 9.51. The largest absolute Gasteiger partial charge is 0.397 e. The van der Waals surface area contributed by atoms with Crippen molar-refractivity contribution in [1.82, 2.24) is 4.98 Å². The standard InChI is InChI=1S/C12H11BrClN3/c1-7-2-3-9(5-10(7)13)17-12-11(14)4-8(15)6-16-12/h2-6H,15H2,1H3,(H,16,17). The number of aromatic nitrogens is 1. The van der Waals surface area contributed by atoms with Gasteiger partial charge in [0.1, 0.15) is 5.82 Å². The van der Waals surface area contributed by atoms with Crippen molar-refractivity contribution in [3.63, 3.8) is 0 Å². The molecule has 1 aromatic heterocycles. The summed E-state index contributed by atoms with van der Waals surface area (Å²) in [7, 11) is 0. The lowest BCUT2D eigenvalue weighted by Crippen LogP contribution is -1.96. The number of halogens is 2. The molecule has 17 heavy (non-hydrogen) atoms. The van der Waals surface area contributed by atoms with Gasteiger partial charge in [-0.1, -0.05) is 33.6 Å². The fraction of sp³-hybridized carbons (Fsp3) is 0.0833. The SMILES string of the molecule is Cc1ccc(Nc2ncc(N)cc2Cl)cc1Br. The Bertz CT molecular complexity index is 557. The lowest BCUT2D eigenvalue weighted by molar-refractivity contribution is 1.30. The van der Waals surface area contributed by atoms with E-state index in [1.165, 1.54) is 5.56 Å². The molecule has 0 saturated carbocycles. The van der Waals surface area contributed by atoms with Gasteiger partial charge in [-0.3, -0.25) is 0 Å². The lowest BCUT2D eigenvalue weighted by atomic mass is 10.2. The summed E-state index contributed by atoms with van der Waals surface area (Å²) in [6, 6.07) is 7.62. The quantitative estimate of drug-likeness (QED) is 0.876. The second-order valence-electron chi connectivity index (χ2n) is 3.69. The zero-order valence-electron chi connectivity index (χ0n) is 9.17. The maximum absolute atomic E-state index is 6.03. The van der Waals surface area contributed by atoms with Crippen molar-refractivity contribution >= 4 is 44.7 Å². The Hall–Kier alpha value is -1.26.